The number of furan rings is 1. The molecule has 0 unspecified atom stereocenters. The fourth-order valence-corrected chi connectivity index (χ4v) is 7.31. The molecule has 2 aromatic heterocycles. The Labute approximate surface area is 294 Å². The summed E-state index contributed by atoms with van der Waals surface area (Å²) in [5.74, 6) is 1.11. The summed E-state index contributed by atoms with van der Waals surface area (Å²) in [4.78, 5) is 16.7. The molecule has 5 aromatic rings. The Morgan fingerprint density at radius 2 is 1.62 bits per heavy atom. The summed E-state index contributed by atoms with van der Waals surface area (Å²) in [5.41, 5.74) is 8.85. The van der Waals surface area contributed by atoms with Crippen LogP contribution < -0.4 is 0 Å². The Balaban J connectivity index is 0.000000269. The van der Waals surface area contributed by atoms with E-state index in [1.807, 2.05) is 33.9 Å². The Bertz CT molecular complexity index is 1920. The van der Waals surface area contributed by atoms with Gasteiger partial charge in [0.25, 0.3) is 0 Å². The maximum Gasteiger partial charge on any atom is 0.162 e. The van der Waals surface area contributed by atoms with Crippen molar-refractivity contribution < 1.29 is 34.4 Å². The molecule has 2 heterocycles. The predicted octanol–water partition coefficient (Wildman–Crippen LogP) is 11.6. The second kappa shape index (κ2) is 14.9. The molecule has 0 aliphatic heterocycles. The molecule has 3 aromatic carbocycles. The molecule has 47 heavy (non-hydrogen) atoms. The second-order valence-electron chi connectivity index (χ2n) is 13.9. The van der Waals surface area contributed by atoms with E-state index in [9.17, 15) is 9.90 Å². The largest absolute Gasteiger partial charge is 0.512 e. The SMILES string of the molecule is CCC(CC)C(=O)/C=C(\O)C(CC)CC.Cc1cnc2c3c1oc1c(CC(C)C)ccc(c13)C(C)(C)c1c-2[c-]cc2ccccc12.[Ir]. The Morgan fingerprint density at radius 3 is 2.26 bits per heavy atom. The average Bonchev–Trinajstić information content (AvgIpc) is 3.40. The molecule has 1 aliphatic carbocycles. The van der Waals surface area contributed by atoms with Crippen molar-refractivity contribution in [3.63, 3.8) is 0 Å². The first kappa shape index (κ1) is 36.6. The van der Waals surface area contributed by atoms with E-state index in [0.717, 1.165) is 65.5 Å². The fraction of sp³-hybridized carbons (Fsp3) is 0.429. The van der Waals surface area contributed by atoms with Gasteiger partial charge in [-0.1, -0.05) is 103 Å². The van der Waals surface area contributed by atoms with E-state index in [4.69, 9.17) is 9.40 Å². The standard InChI is InChI=1S/C29H26NO.C13H24O2.Ir/c1-16(2)14-19-11-13-22-23-24-26(30-15-17(3)27(24)31-28(19)23)21-12-10-18-8-6-7-9-20(18)25(21)29(22,4)5;1-5-10(6-2)12(14)9-13(15)11(7-3)8-4;/h6-11,13,15-16H,14H2,1-5H3;9-11,14H,5-8H2,1-4H3;/q-1;;/b;12-9-;. The monoisotopic (exact) mass is 809 g/mol. The average molecular weight is 809 g/mol. The van der Waals surface area contributed by atoms with E-state index < -0.39 is 0 Å². The molecule has 1 aliphatic rings. The molecule has 251 valence electrons. The van der Waals surface area contributed by atoms with Gasteiger partial charge in [-0.05, 0) is 61.5 Å². The van der Waals surface area contributed by atoms with Crippen molar-refractivity contribution in [2.75, 3.05) is 0 Å². The maximum absolute atomic E-state index is 11.7. The fourth-order valence-electron chi connectivity index (χ4n) is 7.31. The number of aliphatic hydroxyl groups excluding tert-OH is 1. The summed E-state index contributed by atoms with van der Waals surface area (Å²) in [6.45, 7) is 19.4. The molecule has 0 spiro atoms. The molecular weight excluding hydrogens is 759 g/mol. The normalized spacial score (nSPS) is 13.7. The van der Waals surface area contributed by atoms with Gasteiger partial charge in [-0.15, -0.1) is 23.3 Å². The predicted molar refractivity (Wildman–Crippen MR) is 193 cm³/mol. The topological polar surface area (TPSA) is 63.3 Å². The van der Waals surface area contributed by atoms with Crippen LogP contribution in [0.2, 0.25) is 0 Å². The van der Waals surface area contributed by atoms with Gasteiger partial charge in [0.05, 0.1) is 5.76 Å². The van der Waals surface area contributed by atoms with E-state index in [0.29, 0.717) is 5.92 Å². The second-order valence-corrected chi connectivity index (χ2v) is 13.9. The van der Waals surface area contributed by atoms with Crippen LogP contribution in [0.1, 0.15) is 103 Å². The van der Waals surface area contributed by atoms with Crippen molar-refractivity contribution in [3.05, 3.63) is 88.8 Å². The van der Waals surface area contributed by atoms with Crippen LogP contribution in [0, 0.1) is 30.7 Å². The van der Waals surface area contributed by atoms with Gasteiger partial charge in [-0.25, -0.2) is 0 Å². The van der Waals surface area contributed by atoms with E-state index in [-0.39, 0.29) is 48.9 Å². The number of benzene rings is 3. The number of pyridine rings is 1. The quantitative estimate of drug-likeness (QED) is 0.0915. The number of aliphatic hydroxyl groups is 1. The number of hydrogen-bond donors (Lipinski definition) is 1. The van der Waals surface area contributed by atoms with Gasteiger partial charge in [0, 0.05) is 66.2 Å². The number of allylic oxidation sites excluding steroid dienone is 2. The Morgan fingerprint density at radius 1 is 0.957 bits per heavy atom. The third-order valence-corrected chi connectivity index (χ3v) is 10.0. The van der Waals surface area contributed by atoms with Crippen LogP contribution in [0.3, 0.4) is 0 Å². The Hall–Kier alpha value is -3.27. The van der Waals surface area contributed by atoms with E-state index in [2.05, 4.69) is 83.1 Å². The number of rotatable bonds is 9. The smallest absolute Gasteiger partial charge is 0.162 e. The summed E-state index contributed by atoms with van der Waals surface area (Å²) in [6.07, 6.45) is 7.86. The minimum atomic E-state index is -0.216. The maximum atomic E-state index is 11.7. The van der Waals surface area contributed by atoms with Crippen molar-refractivity contribution in [2.24, 2.45) is 17.8 Å². The van der Waals surface area contributed by atoms with Gasteiger partial charge in [0.2, 0.25) is 0 Å². The van der Waals surface area contributed by atoms with E-state index in [1.165, 1.54) is 38.9 Å². The third kappa shape index (κ3) is 6.72. The first-order chi connectivity index (χ1) is 22.0. The summed E-state index contributed by atoms with van der Waals surface area (Å²) in [6, 6.07) is 19.0. The molecule has 1 radical (unpaired) electrons. The summed E-state index contributed by atoms with van der Waals surface area (Å²) >= 11 is 0. The molecule has 1 N–H and O–H groups in total. The number of ketones is 1. The minimum Gasteiger partial charge on any atom is -0.512 e. The third-order valence-electron chi connectivity index (χ3n) is 10.0. The first-order valence-corrected chi connectivity index (χ1v) is 17.2. The zero-order valence-electron chi connectivity index (χ0n) is 29.5. The zero-order chi connectivity index (χ0) is 33.3. The summed E-state index contributed by atoms with van der Waals surface area (Å²) in [7, 11) is 0. The van der Waals surface area contributed by atoms with Crippen molar-refractivity contribution in [2.45, 2.75) is 99.8 Å². The number of carbonyl (C=O) groups excluding carboxylic acids is 1. The number of hydrogen-bond acceptors (Lipinski definition) is 4. The molecule has 0 saturated carbocycles. The zero-order valence-corrected chi connectivity index (χ0v) is 31.9. The summed E-state index contributed by atoms with van der Waals surface area (Å²) < 4.78 is 6.61. The van der Waals surface area contributed by atoms with Crippen LogP contribution in [0.15, 0.2) is 64.9 Å². The molecule has 0 fully saturated rings. The molecule has 4 nitrogen and oxygen atoms in total. The van der Waals surface area contributed by atoms with Crippen LogP contribution in [0.5, 0.6) is 0 Å². The number of aryl methyl sites for hydroxylation is 1. The van der Waals surface area contributed by atoms with Crippen LogP contribution in [0.4, 0.5) is 0 Å². The van der Waals surface area contributed by atoms with Gasteiger partial charge in [-0.3, -0.25) is 4.79 Å². The van der Waals surface area contributed by atoms with Crippen LogP contribution in [0.25, 0.3) is 44.0 Å². The van der Waals surface area contributed by atoms with Gasteiger partial charge >= 0.3 is 0 Å². The number of carbonyl (C=O) groups is 1. The first-order valence-electron chi connectivity index (χ1n) is 17.2. The molecule has 6 rings (SSSR count). The van der Waals surface area contributed by atoms with Gasteiger partial charge in [-0.2, -0.15) is 0 Å². The van der Waals surface area contributed by atoms with Gasteiger partial charge in [0.1, 0.15) is 11.2 Å². The number of nitrogens with zero attached hydrogens (tertiary/aromatic N) is 1. The molecule has 5 heteroatoms. The van der Waals surface area contributed by atoms with Gasteiger partial charge < -0.3 is 14.5 Å². The van der Waals surface area contributed by atoms with Crippen LogP contribution in [-0.4, -0.2) is 15.9 Å². The molecule has 0 atom stereocenters. The molecular formula is C42H50IrNO3-. The van der Waals surface area contributed by atoms with Crippen molar-refractivity contribution in [3.8, 4) is 11.3 Å². The van der Waals surface area contributed by atoms with Crippen LogP contribution >= 0.6 is 0 Å². The van der Waals surface area contributed by atoms with E-state index >= 15 is 0 Å². The molecule has 0 saturated heterocycles. The van der Waals surface area contributed by atoms with Crippen molar-refractivity contribution in [1.29, 1.82) is 0 Å². The number of fused-ring (bicyclic) bond motifs is 4. The van der Waals surface area contributed by atoms with Gasteiger partial charge in [0.15, 0.2) is 5.78 Å². The van der Waals surface area contributed by atoms with Crippen LogP contribution in [-0.2, 0) is 36.7 Å². The summed E-state index contributed by atoms with van der Waals surface area (Å²) in [5, 5.41) is 14.6. The molecule has 0 bridgehead atoms. The molecule has 0 amide bonds. The minimum absolute atomic E-state index is 0. The van der Waals surface area contributed by atoms with E-state index in [1.54, 1.807) is 0 Å². The Kier molecular flexibility index (Phi) is 11.6. The number of aromatic nitrogens is 1. The van der Waals surface area contributed by atoms with Crippen molar-refractivity contribution in [1.82, 2.24) is 4.98 Å². The van der Waals surface area contributed by atoms with Crippen molar-refractivity contribution >= 4 is 38.5 Å².